The van der Waals surface area contributed by atoms with Crippen LogP contribution in [0.5, 0.6) is 0 Å². The van der Waals surface area contributed by atoms with Gasteiger partial charge in [-0.2, -0.15) is 0 Å². The first-order chi connectivity index (χ1) is 9.19. The third-order valence-corrected chi connectivity index (χ3v) is 7.07. The maximum absolute atomic E-state index is 11.4. The third-order valence-electron chi connectivity index (χ3n) is 6.25. The first-order valence-electron chi connectivity index (χ1n) is 7.58. The summed E-state index contributed by atoms with van der Waals surface area (Å²) >= 11 is 0. The summed E-state index contributed by atoms with van der Waals surface area (Å²) in [5.74, 6) is 4.89. The van der Waals surface area contributed by atoms with E-state index in [2.05, 4.69) is 9.71 Å². The summed E-state index contributed by atoms with van der Waals surface area (Å²) in [4.78, 5) is 4.41. The fourth-order valence-electron chi connectivity index (χ4n) is 5.55. The highest BCUT2D eigenvalue weighted by atomic mass is 32.2. The highest BCUT2D eigenvalue weighted by Crippen LogP contribution is 2.63. The van der Waals surface area contributed by atoms with Crippen LogP contribution in [0.25, 0.3) is 0 Å². The fraction of sp³-hybridized carbons (Fsp3) is 0.929. The number of amidine groups is 1. The van der Waals surface area contributed by atoms with Crippen molar-refractivity contribution in [2.45, 2.75) is 38.5 Å². The molecular formula is C14H23N3OS. The zero-order chi connectivity index (χ0) is 13.0. The molecular weight excluding hydrogens is 258 g/mol. The average Bonchev–Trinajstić information content (AvgIpc) is 2.78. The van der Waals surface area contributed by atoms with Gasteiger partial charge in [-0.3, -0.25) is 9.71 Å². The van der Waals surface area contributed by atoms with E-state index in [-0.39, 0.29) is 5.41 Å². The third kappa shape index (κ3) is 1.81. The molecule has 5 rings (SSSR count). The molecule has 1 heterocycles. The molecule has 0 aromatic rings. The van der Waals surface area contributed by atoms with E-state index in [1.54, 1.807) is 0 Å². The zero-order valence-corrected chi connectivity index (χ0v) is 12.1. The molecule has 4 aliphatic carbocycles. The number of aliphatic imine (C=N–C) groups is 1. The van der Waals surface area contributed by atoms with Crippen LogP contribution in [0.3, 0.4) is 0 Å². The number of hydrogen-bond acceptors (Lipinski definition) is 3. The topological polar surface area (TPSA) is 67.5 Å². The Balaban J connectivity index is 1.61. The molecule has 4 bridgehead atoms. The summed E-state index contributed by atoms with van der Waals surface area (Å²) in [6.45, 7) is 0.773. The molecule has 0 radical (unpaired) electrons. The summed E-state index contributed by atoms with van der Waals surface area (Å²) in [7, 11) is -0.977. The van der Waals surface area contributed by atoms with Crippen LogP contribution in [0.2, 0.25) is 0 Å². The smallest absolute Gasteiger partial charge is 0.140 e. The van der Waals surface area contributed by atoms with Gasteiger partial charge in [0, 0.05) is 6.42 Å². The Morgan fingerprint density at radius 1 is 1.21 bits per heavy atom. The van der Waals surface area contributed by atoms with Crippen LogP contribution in [0.1, 0.15) is 38.5 Å². The van der Waals surface area contributed by atoms with E-state index in [0.717, 1.165) is 42.5 Å². The van der Waals surface area contributed by atoms with Crippen molar-refractivity contribution in [1.29, 1.82) is 0 Å². The van der Waals surface area contributed by atoms with Crippen LogP contribution in [-0.2, 0) is 11.0 Å². The minimum absolute atomic E-state index is 0.244. The van der Waals surface area contributed by atoms with Gasteiger partial charge in [0.2, 0.25) is 0 Å². The van der Waals surface area contributed by atoms with E-state index in [4.69, 9.17) is 5.73 Å². The van der Waals surface area contributed by atoms with Gasteiger partial charge in [-0.25, -0.2) is 4.21 Å². The highest BCUT2D eigenvalue weighted by molar-refractivity contribution is 7.83. The fourth-order valence-corrected chi connectivity index (χ4v) is 6.29. The van der Waals surface area contributed by atoms with E-state index in [1.165, 1.54) is 32.1 Å². The van der Waals surface area contributed by atoms with Crippen molar-refractivity contribution < 1.29 is 4.21 Å². The predicted molar refractivity (Wildman–Crippen MR) is 76.7 cm³/mol. The second kappa shape index (κ2) is 4.29. The SMILES string of the molecule is NCC1(CC2=NCS(=O)N2)C2CC3CC(C2)CC1C3. The van der Waals surface area contributed by atoms with Crippen LogP contribution in [-0.4, -0.2) is 22.5 Å². The van der Waals surface area contributed by atoms with Gasteiger partial charge in [-0.1, -0.05) is 0 Å². The lowest BCUT2D eigenvalue weighted by atomic mass is 9.44. The Hall–Kier alpha value is -0.420. The number of nitrogens with one attached hydrogen (secondary N) is 1. The highest BCUT2D eigenvalue weighted by Gasteiger charge is 2.56. The first-order valence-corrected chi connectivity index (χ1v) is 8.90. The van der Waals surface area contributed by atoms with Crippen molar-refractivity contribution in [3.63, 3.8) is 0 Å². The van der Waals surface area contributed by atoms with Gasteiger partial charge in [0.25, 0.3) is 0 Å². The van der Waals surface area contributed by atoms with Crippen LogP contribution in [0.15, 0.2) is 4.99 Å². The molecule has 0 saturated heterocycles. The van der Waals surface area contributed by atoms with E-state index in [9.17, 15) is 4.21 Å². The normalized spacial score (nSPS) is 51.2. The standard InChI is InChI=1S/C14H23N3OS/c15-7-14(6-13-16-8-19(18)17-13)11-2-9-1-10(4-11)5-12(14)3-9/h9-12H,1-8,15H2,(H,16,17). The number of hydrogen-bond donors (Lipinski definition) is 2. The average molecular weight is 281 g/mol. The Morgan fingerprint density at radius 2 is 1.84 bits per heavy atom. The van der Waals surface area contributed by atoms with Gasteiger partial charge >= 0.3 is 0 Å². The number of nitrogens with zero attached hydrogens (tertiary/aromatic N) is 1. The molecule has 0 spiro atoms. The van der Waals surface area contributed by atoms with Gasteiger partial charge in [-0.05, 0) is 67.7 Å². The van der Waals surface area contributed by atoms with Crippen molar-refractivity contribution in [3.05, 3.63) is 0 Å². The number of rotatable bonds is 3. The molecule has 1 atom stereocenters. The molecule has 0 amide bonds. The second-order valence-corrected chi connectivity index (χ2v) is 8.25. The lowest BCUT2D eigenvalue weighted by Gasteiger charge is -2.61. The van der Waals surface area contributed by atoms with Crippen LogP contribution < -0.4 is 10.5 Å². The van der Waals surface area contributed by atoms with Gasteiger partial charge in [-0.15, -0.1) is 0 Å². The largest absolute Gasteiger partial charge is 0.330 e. The van der Waals surface area contributed by atoms with Gasteiger partial charge < -0.3 is 5.73 Å². The summed E-state index contributed by atoms with van der Waals surface area (Å²) in [5.41, 5.74) is 6.49. The summed E-state index contributed by atoms with van der Waals surface area (Å²) < 4.78 is 14.5. The Morgan fingerprint density at radius 3 is 2.32 bits per heavy atom. The van der Waals surface area contributed by atoms with Crippen molar-refractivity contribution in [1.82, 2.24) is 4.72 Å². The minimum atomic E-state index is -0.977. The molecule has 4 saturated carbocycles. The van der Waals surface area contributed by atoms with E-state index >= 15 is 0 Å². The van der Waals surface area contributed by atoms with Crippen LogP contribution >= 0.6 is 0 Å². The Kier molecular flexibility index (Phi) is 2.78. The van der Waals surface area contributed by atoms with Crippen LogP contribution in [0, 0.1) is 29.1 Å². The van der Waals surface area contributed by atoms with Crippen molar-refractivity contribution in [2.24, 2.45) is 39.8 Å². The zero-order valence-electron chi connectivity index (χ0n) is 11.3. The van der Waals surface area contributed by atoms with Crippen LogP contribution in [0.4, 0.5) is 0 Å². The monoisotopic (exact) mass is 281 g/mol. The molecule has 3 N–H and O–H groups in total. The lowest BCUT2D eigenvalue weighted by Crippen LogP contribution is -2.57. The summed E-state index contributed by atoms with van der Waals surface area (Å²) in [5, 5.41) is 0. The van der Waals surface area contributed by atoms with E-state index in [1.807, 2.05) is 0 Å². The minimum Gasteiger partial charge on any atom is -0.330 e. The molecule has 5 heteroatoms. The first kappa shape index (κ1) is 12.3. The van der Waals surface area contributed by atoms with Crippen molar-refractivity contribution in [3.8, 4) is 0 Å². The molecule has 0 aromatic carbocycles. The molecule has 4 fully saturated rings. The molecule has 106 valence electrons. The Bertz CT molecular complexity index is 420. The quantitative estimate of drug-likeness (QED) is 0.821. The summed E-state index contributed by atoms with van der Waals surface area (Å²) in [6.07, 6.45) is 7.91. The second-order valence-electron chi connectivity index (χ2n) is 7.10. The molecule has 1 aliphatic heterocycles. The van der Waals surface area contributed by atoms with Gasteiger partial charge in [0.05, 0.1) is 0 Å². The maximum Gasteiger partial charge on any atom is 0.140 e. The number of nitrogens with two attached hydrogens (primary N) is 1. The maximum atomic E-state index is 11.4. The summed E-state index contributed by atoms with van der Waals surface area (Å²) in [6, 6.07) is 0. The van der Waals surface area contributed by atoms with E-state index < -0.39 is 11.0 Å². The lowest BCUT2D eigenvalue weighted by molar-refractivity contribution is -0.0995. The molecule has 1 unspecified atom stereocenters. The molecule has 5 aliphatic rings. The van der Waals surface area contributed by atoms with Crippen molar-refractivity contribution in [2.75, 3.05) is 12.4 Å². The molecule has 4 nitrogen and oxygen atoms in total. The Labute approximate surface area is 117 Å². The molecule has 0 aromatic heterocycles. The van der Waals surface area contributed by atoms with E-state index in [0.29, 0.717) is 5.88 Å². The van der Waals surface area contributed by atoms with Gasteiger partial charge in [0.15, 0.2) is 0 Å². The molecule has 19 heavy (non-hydrogen) atoms. The predicted octanol–water partition coefficient (Wildman–Crippen LogP) is 1.40. The van der Waals surface area contributed by atoms with Crippen molar-refractivity contribution >= 4 is 16.8 Å². The van der Waals surface area contributed by atoms with Gasteiger partial charge in [0.1, 0.15) is 22.7 Å².